The van der Waals surface area contributed by atoms with Crippen molar-refractivity contribution in [3.05, 3.63) is 29.8 Å². The second kappa shape index (κ2) is 8.55. The Kier molecular flexibility index (Phi) is 6.99. The van der Waals surface area contributed by atoms with Crippen LogP contribution in [0.2, 0.25) is 0 Å². The lowest BCUT2D eigenvalue weighted by Gasteiger charge is -2.27. The SMILES string of the molecule is CCCNC(C)c1ccccc1N(CC)CCC#N. The van der Waals surface area contributed by atoms with Crippen molar-refractivity contribution in [1.82, 2.24) is 5.32 Å². The second-order valence-electron chi connectivity index (χ2n) is 4.72. The van der Waals surface area contributed by atoms with Gasteiger partial charge in [0, 0.05) is 24.8 Å². The minimum atomic E-state index is 0.340. The van der Waals surface area contributed by atoms with Crippen LogP contribution < -0.4 is 10.2 Å². The molecule has 0 aromatic heterocycles. The van der Waals surface area contributed by atoms with Gasteiger partial charge in [-0.3, -0.25) is 0 Å². The molecule has 0 spiro atoms. The van der Waals surface area contributed by atoms with E-state index in [1.54, 1.807) is 0 Å². The molecule has 0 aliphatic carbocycles. The quantitative estimate of drug-likeness (QED) is 0.776. The summed E-state index contributed by atoms with van der Waals surface area (Å²) in [5.74, 6) is 0. The summed E-state index contributed by atoms with van der Waals surface area (Å²) in [4.78, 5) is 2.28. The molecular weight excluding hydrogens is 234 g/mol. The number of benzene rings is 1. The third-order valence-electron chi connectivity index (χ3n) is 3.32. The van der Waals surface area contributed by atoms with Gasteiger partial charge in [0.25, 0.3) is 0 Å². The summed E-state index contributed by atoms with van der Waals surface area (Å²) >= 11 is 0. The molecule has 0 heterocycles. The molecule has 0 saturated heterocycles. The van der Waals surface area contributed by atoms with Crippen LogP contribution in [-0.4, -0.2) is 19.6 Å². The number of nitrogens with one attached hydrogen (secondary N) is 1. The van der Waals surface area contributed by atoms with Gasteiger partial charge in [-0.1, -0.05) is 25.1 Å². The van der Waals surface area contributed by atoms with E-state index in [9.17, 15) is 0 Å². The molecular formula is C16H25N3. The summed E-state index contributed by atoms with van der Waals surface area (Å²) in [5, 5.41) is 12.3. The first-order valence-corrected chi connectivity index (χ1v) is 7.18. The highest BCUT2D eigenvalue weighted by molar-refractivity contribution is 5.55. The maximum atomic E-state index is 8.76. The van der Waals surface area contributed by atoms with Crippen LogP contribution in [0.3, 0.4) is 0 Å². The normalized spacial score (nSPS) is 11.9. The molecule has 19 heavy (non-hydrogen) atoms. The van der Waals surface area contributed by atoms with E-state index >= 15 is 0 Å². The van der Waals surface area contributed by atoms with Gasteiger partial charge in [0.05, 0.1) is 12.5 Å². The third kappa shape index (κ3) is 4.57. The Morgan fingerprint density at radius 3 is 2.68 bits per heavy atom. The Balaban J connectivity index is 2.90. The van der Waals surface area contributed by atoms with Gasteiger partial charge in [0.1, 0.15) is 0 Å². The van der Waals surface area contributed by atoms with Crippen LogP contribution in [0.25, 0.3) is 0 Å². The Morgan fingerprint density at radius 1 is 1.32 bits per heavy atom. The standard InChI is InChI=1S/C16H25N3/c1-4-12-18-14(3)15-9-6-7-10-16(15)19(5-2)13-8-11-17/h6-7,9-10,14,18H,4-5,8,12-13H2,1-3H3. The zero-order valence-corrected chi connectivity index (χ0v) is 12.3. The lowest BCUT2D eigenvalue weighted by Crippen LogP contribution is -2.27. The summed E-state index contributed by atoms with van der Waals surface area (Å²) in [6.07, 6.45) is 1.71. The molecule has 0 radical (unpaired) electrons. The van der Waals surface area contributed by atoms with Crippen molar-refractivity contribution in [3.8, 4) is 6.07 Å². The average molecular weight is 259 g/mol. The fourth-order valence-corrected chi connectivity index (χ4v) is 2.25. The lowest BCUT2D eigenvalue weighted by molar-refractivity contribution is 0.569. The summed E-state index contributed by atoms with van der Waals surface area (Å²) < 4.78 is 0. The number of anilines is 1. The number of nitrogens with zero attached hydrogens (tertiary/aromatic N) is 2. The van der Waals surface area contributed by atoms with Crippen LogP contribution in [-0.2, 0) is 0 Å². The van der Waals surface area contributed by atoms with E-state index in [0.29, 0.717) is 12.5 Å². The van der Waals surface area contributed by atoms with E-state index in [0.717, 1.165) is 26.1 Å². The highest BCUT2D eigenvalue weighted by atomic mass is 15.1. The largest absolute Gasteiger partial charge is 0.371 e. The molecule has 1 aromatic rings. The summed E-state index contributed by atoms with van der Waals surface area (Å²) in [6.45, 7) is 9.27. The first-order valence-electron chi connectivity index (χ1n) is 7.18. The van der Waals surface area contributed by atoms with Crippen LogP contribution in [0.4, 0.5) is 5.69 Å². The number of nitriles is 1. The zero-order valence-electron chi connectivity index (χ0n) is 12.3. The Bertz CT molecular complexity index is 409. The van der Waals surface area contributed by atoms with Crippen LogP contribution in [0.15, 0.2) is 24.3 Å². The minimum absolute atomic E-state index is 0.340. The number of rotatable bonds is 8. The molecule has 3 nitrogen and oxygen atoms in total. The van der Waals surface area contributed by atoms with Crippen LogP contribution in [0.1, 0.15) is 45.2 Å². The maximum Gasteiger partial charge on any atom is 0.0640 e. The monoisotopic (exact) mass is 259 g/mol. The van der Waals surface area contributed by atoms with Crippen molar-refractivity contribution >= 4 is 5.69 Å². The van der Waals surface area contributed by atoms with Crippen molar-refractivity contribution in [2.45, 2.75) is 39.7 Å². The number of hydrogen-bond acceptors (Lipinski definition) is 3. The van der Waals surface area contributed by atoms with E-state index in [1.807, 2.05) is 0 Å². The highest BCUT2D eigenvalue weighted by Crippen LogP contribution is 2.26. The van der Waals surface area contributed by atoms with E-state index in [-0.39, 0.29) is 0 Å². The Morgan fingerprint density at radius 2 is 2.05 bits per heavy atom. The molecule has 0 fully saturated rings. The zero-order chi connectivity index (χ0) is 14.1. The lowest BCUT2D eigenvalue weighted by atomic mass is 10.0. The molecule has 0 bridgehead atoms. The maximum absolute atomic E-state index is 8.76. The molecule has 1 atom stereocenters. The van der Waals surface area contributed by atoms with Gasteiger partial charge in [0.2, 0.25) is 0 Å². The topological polar surface area (TPSA) is 39.1 Å². The molecule has 1 unspecified atom stereocenters. The first-order chi connectivity index (χ1) is 9.24. The van der Waals surface area contributed by atoms with E-state index in [1.165, 1.54) is 11.3 Å². The van der Waals surface area contributed by atoms with Crippen LogP contribution in [0, 0.1) is 11.3 Å². The molecule has 3 heteroatoms. The predicted molar refractivity (Wildman–Crippen MR) is 81.3 cm³/mol. The van der Waals surface area contributed by atoms with Gasteiger partial charge in [-0.25, -0.2) is 0 Å². The van der Waals surface area contributed by atoms with Crippen molar-refractivity contribution in [2.75, 3.05) is 24.5 Å². The summed E-state index contributed by atoms with van der Waals surface area (Å²) in [5.41, 5.74) is 2.56. The predicted octanol–water partition coefficient (Wildman–Crippen LogP) is 3.49. The van der Waals surface area contributed by atoms with Gasteiger partial charge >= 0.3 is 0 Å². The van der Waals surface area contributed by atoms with Crippen molar-refractivity contribution < 1.29 is 0 Å². The van der Waals surface area contributed by atoms with Crippen molar-refractivity contribution in [1.29, 1.82) is 5.26 Å². The van der Waals surface area contributed by atoms with Crippen molar-refractivity contribution in [3.63, 3.8) is 0 Å². The smallest absolute Gasteiger partial charge is 0.0640 e. The van der Waals surface area contributed by atoms with E-state index in [2.05, 4.69) is 61.3 Å². The summed E-state index contributed by atoms with van der Waals surface area (Å²) in [6, 6.07) is 11.1. The Hall–Kier alpha value is -1.53. The fraction of sp³-hybridized carbons (Fsp3) is 0.562. The molecule has 1 N–H and O–H groups in total. The summed E-state index contributed by atoms with van der Waals surface area (Å²) in [7, 11) is 0. The fourth-order valence-electron chi connectivity index (χ4n) is 2.25. The van der Waals surface area contributed by atoms with E-state index < -0.39 is 0 Å². The Labute approximate surface area is 117 Å². The van der Waals surface area contributed by atoms with Gasteiger partial charge in [0.15, 0.2) is 0 Å². The number of hydrogen-bond donors (Lipinski definition) is 1. The van der Waals surface area contributed by atoms with Gasteiger partial charge in [-0.15, -0.1) is 0 Å². The van der Waals surface area contributed by atoms with Gasteiger partial charge < -0.3 is 10.2 Å². The molecule has 0 saturated carbocycles. The van der Waals surface area contributed by atoms with E-state index in [4.69, 9.17) is 5.26 Å². The molecule has 0 aliphatic rings. The van der Waals surface area contributed by atoms with Crippen LogP contribution in [0.5, 0.6) is 0 Å². The molecule has 1 rings (SSSR count). The van der Waals surface area contributed by atoms with Gasteiger partial charge in [-0.2, -0.15) is 5.26 Å². The van der Waals surface area contributed by atoms with Crippen molar-refractivity contribution in [2.24, 2.45) is 0 Å². The highest BCUT2D eigenvalue weighted by Gasteiger charge is 2.13. The first kappa shape index (κ1) is 15.5. The molecule has 0 aliphatic heterocycles. The molecule has 0 amide bonds. The minimum Gasteiger partial charge on any atom is -0.371 e. The second-order valence-corrected chi connectivity index (χ2v) is 4.72. The van der Waals surface area contributed by atoms with Gasteiger partial charge in [-0.05, 0) is 38.4 Å². The average Bonchev–Trinajstić information content (AvgIpc) is 2.46. The number of para-hydroxylation sites is 1. The van der Waals surface area contributed by atoms with Crippen LogP contribution >= 0.6 is 0 Å². The third-order valence-corrected chi connectivity index (χ3v) is 3.32. The molecule has 104 valence electrons. The molecule has 1 aromatic carbocycles.